The van der Waals surface area contributed by atoms with Gasteiger partial charge in [-0.3, -0.25) is 0 Å². The molecule has 0 amide bonds. The van der Waals surface area contributed by atoms with E-state index in [-0.39, 0.29) is 17.0 Å². The number of hydrogen-bond acceptors (Lipinski definition) is 1. The van der Waals surface area contributed by atoms with Crippen molar-refractivity contribution in [1.29, 1.82) is 0 Å². The Hall–Kier alpha value is -2.90. The Morgan fingerprint density at radius 1 is 0.556 bits per heavy atom. The van der Waals surface area contributed by atoms with E-state index in [1.54, 1.807) is 0 Å². The standard InChI is InChI=1S/C32H27ClOP.BrH/c33-28-22-21-27(32(23-28)34-24-26-13-5-1-6-14-26)25-35(29-15-7-2-8-16-29,30-17-9-3-10-18-30)31-19-11-4-12-20-31;/h1-23H,24-25H2;1H/q+1;/p-1. The molecule has 5 aromatic carbocycles. The average molecular weight is 574 g/mol. The van der Waals surface area contributed by atoms with E-state index >= 15 is 0 Å². The molecule has 0 saturated heterocycles. The Morgan fingerprint density at radius 2 is 1.00 bits per heavy atom. The summed E-state index contributed by atoms with van der Waals surface area (Å²) in [6.45, 7) is 0.502. The van der Waals surface area contributed by atoms with Gasteiger partial charge < -0.3 is 21.7 Å². The molecule has 0 aliphatic rings. The first-order valence-electron chi connectivity index (χ1n) is 11.8. The van der Waals surface area contributed by atoms with Crippen molar-refractivity contribution in [3.05, 3.63) is 156 Å². The van der Waals surface area contributed by atoms with Crippen LogP contribution in [0.5, 0.6) is 5.75 Å². The summed E-state index contributed by atoms with van der Waals surface area (Å²) < 4.78 is 6.39. The van der Waals surface area contributed by atoms with E-state index in [0.29, 0.717) is 11.6 Å². The third-order valence-electron chi connectivity index (χ3n) is 6.26. The topological polar surface area (TPSA) is 9.23 Å². The molecule has 0 saturated carbocycles. The monoisotopic (exact) mass is 572 g/mol. The molecular weight excluding hydrogens is 547 g/mol. The summed E-state index contributed by atoms with van der Waals surface area (Å²) in [5, 5.41) is 4.73. The van der Waals surface area contributed by atoms with Crippen molar-refractivity contribution in [2.24, 2.45) is 0 Å². The van der Waals surface area contributed by atoms with Gasteiger partial charge in [0.15, 0.2) is 0 Å². The predicted molar refractivity (Wildman–Crippen MR) is 151 cm³/mol. The Labute approximate surface area is 229 Å². The fourth-order valence-electron chi connectivity index (χ4n) is 4.55. The highest BCUT2D eigenvalue weighted by Crippen LogP contribution is 2.59. The van der Waals surface area contributed by atoms with E-state index in [9.17, 15) is 0 Å². The summed E-state index contributed by atoms with van der Waals surface area (Å²) in [6, 6.07) is 49.1. The van der Waals surface area contributed by atoms with Gasteiger partial charge in [-0.1, -0.05) is 103 Å². The van der Waals surface area contributed by atoms with Crippen LogP contribution in [-0.2, 0) is 12.8 Å². The van der Waals surface area contributed by atoms with E-state index in [1.165, 1.54) is 15.9 Å². The van der Waals surface area contributed by atoms with Crippen LogP contribution in [0, 0.1) is 0 Å². The van der Waals surface area contributed by atoms with Gasteiger partial charge in [0.25, 0.3) is 0 Å². The van der Waals surface area contributed by atoms with Crippen LogP contribution in [0.15, 0.2) is 140 Å². The van der Waals surface area contributed by atoms with Crippen molar-refractivity contribution in [2.75, 3.05) is 0 Å². The minimum absolute atomic E-state index is 0. The van der Waals surface area contributed by atoms with E-state index in [4.69, 9.17) is 16.3 Å². The zero-order chi connectivity index (χ0) is 23.9. The Morgan fingerprint density at radius 3 is 1.47 bits per heavy atom. The molecule has 0 aliphatic heterocycles. The van der Waals surface area contributed by atoms with Crippen LogP contribution < -0.4 is 37.6 Å². The van der Waals surface area contributed by atoms with Crippen molar-refractivity contribution >= 4 is 34.8 Å². The molecule has 36 heavy (non-hydrogen) atoms. The van der Waals surface area contributed by atoms with Gasteiger partial charge >= 0.3 is 0 Å². The smallest absolute Gasteiger partial charge is 0.128 e. The molecular formula is C32H27BrClOP. The average Bonchev–Trinajstić information content (AvgIpc) is 2.93. The van der Waals surface area contributed by atoms with Crippen molar-refractivity contribution in [3.8, 4) is 5.75 Å². The third-order valence-corrected chi connectivity index (χ3v) is 10.9. The van der Waals surface area contributed by atoms with Gasteiger partial charge in [-0.2, -0.15) is 0 Å². The molecule has 0 aliphatic carbocycles. The minimum Gasteiger partial charge on any atom is -1.00 e. The molecule has 0 atom stereocenters. The molecule has 180 valence electrons. The lowest BCUT2D eigenvalue weighted by molar-refractivity contribution is -0.00000703. The van der Waals surface area contributed by atoms with Gasteiger partial charge in [-0.25, -0.2) is 0 Å². The zero-order valence-electron chi connectivity index (χ0n) is 19.8. The second-order valence-electron chi connectivity index (χ2n) is 8.50. The molecule has 0 unspecified atom stereocenters. The number of benzene rings is 5. The molecule has 0 N–H and O–H groups in total. The molecule has 0 fully saturated rings. The molecule has 0 aromatic heterocycles. The molecule has 0 heterocycles. The number of ether oxygens (including phenoxy) is 1. The Kier molecular flexibility index (Phi) is 8.99. The number of halogens is 2. The van der Waals surface area contributed by atoms with Crippen LogP contribution >= 0.6 is 18.9 Å². The molecule has 0 spiro atoms. The maximum Gasteiger partial charge on any atom is 0.128 e. The van der Waals surface area contributed by atoms with E-state index in [1.807, 2.05) is 30.3 Å². The van der Waals surface area contributed by atoms with Gasteiger partial charge in [-0.15, -0.1) is 0 Å². The minimum atomic E-state index is -2.04. The predicted octanol–water partition coefficient (Wildman–Crippen LogP) is 4.42. The van der Waals surface area contributed by atoms with Crippen molar-refractivity contribution in [1.82, 2.24) is 0 Å². The molecule has 1 nitrogen and oxygen atoms in total. The summed E-state index contributed by atoms with van der Waals surface area (Å²) in [4.78, 5) is 0. The maximum atomic E-state index is 6.45. The molecule has 4 heteroatoms. The second kappa shape index (κ2) is 12.4. The lowest BCUT2D eigenvalue weighted by atomic mass is 10.2. The summed E-state index contributed by atoms with van der Waals surface area (Å²) >= 11 is 6.45. The fraction of sp³-hybridized carbons (Fsp3) is 0.0625. The lowest BCUT2D eigenvalue weighted by Gasteiger charge is -2.28. The van der Waals surface area contributed by atoms with E-state index < -0.39 is 7.26 Å². The molecule has 5 rings (SSSR count). The summed E-state index contributed by atoms with van der Waals surface area (Å²) in [5.41, 5.74) is 2.30. The van der Waals surface area contributed by atoms with E-state index in [0.717, 1.165) is 23.0 Å². The molecule has 0 bridgehead atoms. The van der Waals surface area contributed by atoms with Gasteiger partial charge in [0.2, 0.25) is 0 Å². The first kappa shape index (κ1) is 26.2. The summed E-state index contributed by atoms with van der Waals surface area (Å²) in [7, 11) is -2.04. The first-order chi connectivity index (χ1) is 17.3. The highest BCUT2D eigenvalue weighted by atomic mass is 79.9. The third kappa shape index (κ3) is 5.73. The van der Waals surface area contributed by atoms with Gasteiger partial charge in [-0.05, 0) is 54.1 Å². The van der Waals surface area contributed by atoms with Crippen LogP contribution in [0.25, 0.3) is 0 Å². The van der Waals surface area contributed by atoms with Gasteiger partial charge in [0.05, 0.1) is 0 Å². The normalized spacial score (nSPS) is 10.9. The SMILES string of the molecule is Clc1ccc(C[P+](c2ccccc2)(c2ccccc2)c2ccccc2)c(OCc2ccccc2)c1.[Br-]. The number of hydrogen-bond donors (Lipinski definition) is 0. The van der Waals surface area contributed by atoms with Crippen LogP contribution in [-0.4, -0.2) is 0 Å². The molecule has 5 aromatic rings. The summed E-state index contributed by atoms with van der Waals surface area (Å²) in [6.07, 6.45) is 0.840. The van der Waals surface area contributed by atoms with Crippen LogP contribution in [0.3, 0.4) is 0 Å². The quantitative estimate of drug-likeness (QED) is 0.250. The largest absolute Gasteiger partial charge is 1.00 e. The fourth-order valence-corrected chi connectivity index (χ4v) is 8.97. The Balaban J connectivity index is 0.00000304. The van der Waals surface area contributed by atoms with E-state index in [2.05, 4.69) is 109 Å². The molecule has 0 radical (unpaired) electrons. The zero-order valence-corrected chi connectivity index (χ0v) is 23.0. The van der Waals surface area contributed by atoms with Crippen molar-refractivity contribution in [3.63, 3.8) is 0 Å². The highest BCUT2D eigenvalue weighted by Gasteiger charge is 2.46. The van der Waals surface area contributed by atoms with Crippen LogP contribution in [0.2, 0.25) is 5.02 Å². The van der Waals surface area contributed by atoms with Crippen molar-refractivity contribution in [2.45, 2.75) is 12.8 Å². The first-order valence-corrected chi connectivity index (χ1v) is 14.1. The lowest BCUT2D eigenvalue weighted by Crippen LogP contribution is -3.00. The van der Waals surface area contributed by atoms with Crippen LogP contribution in [0.4, 0.5) is 0 Å². The van der Waals surface area contributed by atoms with Gasteiger partial charge in [0, 0.05) is 10.6 Å². The van der Waals surface area contributed by atoms with Gasteiger partial charge in [0.1, 0.15) is 41.7 Å². The van der Waals surface area contributed by atoms with Crippen LogP contribution in [0.1, 0.15) is 11.1 Å². The summed E-state index contributed by atoms with van der Waals surface area (Å²) in [5.74, 6) is 0.841. The maximum absolute atomic E-state index is 6.45. The number of rotatable bonds is 8. The second-order valence-corrected chi connectivity index (χ2v) is 12.4. The highest BCUT2D eigenvalue weighted by molar-refractivity contribution is 7.95. The van der Waals surface area contributed by atoms with Crippen molar-refractivity contribution < 1.29 is 21.7 Å². The Bertz CT molecular complexity index is 1270.